The molecule has 0 saturated heterocycles. The topological polar surface area (TPSA) is 53.2 Å². The SMILES string of the molecule is O=C(NNC(=S)NCc1ccccc1)C1CC1. The number of carbonyl (C=O) groups excluding carboxylic acids is 1. The quantitative estimate of drug-likeness (QED) is 0.554. The molecule has 0 heterocycles. The minimum Gasteiger partial charge on any atom is -0.357 e. The highest BCUT2D eigenvalue weighted by Gasteiger charge is 2.29. The molecule has 5 heteroatoms. The molecule has 1 aromatic rings. The third kappa shape index (κ3) is 4.03. The molecule has 1 aromatic carbocycles. The molecule has 1 amide bonds. The largest absolute Gasteiger partial charge is 0.357 e. The fourth-order valence-electron chi connectivity index (χ4n) is 1.39. The van der Waals surface area contributed by atoms with Gasteiger partial charge in [-0.05, 0) is 30.6 Å². The van der Waals surface area contributed by atoms with Gasteiger partial charge in [-0.2, -0.15) is 0 Å². The van der Waals surface area contributed by atoms with E-state index in [9.17, 15) is 4.79 Å². The summed E-state index contributed by atoms with van der Waals surface area (Å²) in [4.78, 5) is 11.3. The summed E-state index contributed by atoms with van der Waals surface area (Å²) < 4.78 is 0. The smallest absolute Gasteiger partial charge is 0.241 e. The van der Waals surface area contributed by atoms with E-state index < -0.39 is 0 Å². The third-order valence-corrected chi connectivity index (χ3v) is 2.79. The lowest BCUT2D eigenvalue weighted by Crippen LogP contribution is -2.47. The highest BCUT2D eigenvalue weighted by molar-refractivity contribution is 7.80. The van der Waals surface area contributed by atoms with Crippen LogP contribution in [0.4, 0.5) is 0 Å². The van der Waals surface area contributed by atoms with E-state index >= 15 is 0 Å². The number of carbonyl (C=O) groups is 1. The van der Waals surface area contributed by atoms with Gasteiger partial charge in [0.25, 0.3) is 0 Å². The van der Waals surface area contributed by atoms with Gasteiger partial charge in [-0.15, -0.1) is 0 Å². The Bertz CT molecular complexity index is 403. The van der Waals surface area contributed by atoms with Crippen molar-refractivity contribution in [3.05, 3.63) is 35.9 Å². The first-order valence-electron chi connectivity index (χ1n) is 5.63. The fraction of sp³-hybridized carbons (Fsp3) is 0.333. The van der Waals surface area contributed by atoms with E-state index in [1.54, 1.807) is 0 Å². The van der Waals surface area contributed by atoms with E-state index in [2.05, 4.69) is 16.2 Å². The van der Waals surface area contributed by atoms with Crippen LogP contribution in [0.5, 0.6) is 0 Å². The summed E-state index contributed by atoms with van der Waals surface area (Å²) in [5, 5.41) is 3.45. The van der Waals surface area contributed by atoms with Crippen molar-refractivity contribution in [1.29, 1.82) is 0 Å². The van der Waals surface area contributed by atoms with E-state index in [1.165, 1.54) is 0 Å². The molecule has 0 radical (unpaired) electrons. The van der Waals surface area contributed by atoms with Crippen LogP contribution in [0.3, 0.4) is 0 Å². The number of nitrogens with one attached hydrogen (secondary N) is 3. The highest BCUT2D eigenvalue weighted by atomic mass is 32.1. The Morgan fingerprint density at radius 1 is 1.24 bits per heavy atom. The Morgan fingerprint density at radius 2 is 1.94 bits per heavy atom. The number of thiocarbonyl (C=S) groups is 1. The summed E-state index contributed by atoms with van der Waals surface area (Å²) >= 11 is 5.04. The van der Waals surface area contributed by atoms with Gasteiger partial charge in [0, 0.05) is 12.5 Å². The van der Waals surface area contributed by atoms with Crippen LogP contribution in [0.15, 0.2) is 30.3 Å². The minimum atomic E-state index is 0.0221. The zero-order valence-corrected chi connectivity index (χ0v) is 10.2. The lowest BCUT2D eigenvalue weighted by Gasteiger charge is -2.11. The first kappa shape index (κ1) is 11.9. The van der Waals surface area contributed by atoms with Crippen molar-refractivity contribution >= 4 is 23.2 Å². The molecule has 4 nitrogen and oxygen atoms in total. The second-order valence-electron chi connectivity index (χ2n) is 4.06. The molecular weight excluding hydrogens is 234 g/mol. The standard InChI is InChI=1S/C12H15N3OS/c16-11(10-6-7-10)14-15-12(17)13-8-9-4-2-1-3-5-9/h1-5,10H,6-8H2,(H,14,16)(H2,13,15,17). The molecule has 1 aliphatic carbocycles. The monoisotopic (exact) mass is 249 g/mol. The second kappa shape index (κ2) is 5.63. The number of rotatable bonds is 3. The van der Waals surface area contributed by atoms with Crippen LogP contribution in [-0.4, -0.2) is 11.0 Å². The van der Waals surface area contributed by atoms with Crippen molar-refractivity contribution in [3.8, 4) is 0 Å². The Hall–Kier alpha value is -1.62. The number of benzene rings is 1. The van der Waals surface area contributed by atoms with Crippen LogP contribution in [-0.2, 0) is 11.3 Å². The molecule has 1 aliphatic rings. The Kier molecular flexibility index (Phi) is 3.93. The molecule has 17 heavy (non-hydrogen) atoms. The molecule has 2 rings (SSSR count). The van der Waals surface area contributed by atoms with Gasteiger partial charge in [0.1, 0.15) is 0 Å². The summed E-state index contributed by atoms with van der Waals surface area (Å²) in [7, 11) is 0. The maximum Gasteiger partial charge on any atom is 0.241 e. The Balaban J connectivity index is 1.65. The molecule has 1 saturated carbocycles. The van der Waals surface area contributed by atoms with Crippen molar-refractivity contribution in [1.82, 2.24) is 16.2 Å². The molecule has 0 spiro atoms. The number of hydrazine groups is 1. The van der Waals surface area contributed by atoms with E-state index in [1.807, 2.05) is 30.3 Å². The lowest BCUT2D eigenvalue weighted by atomic mass is 10.2. The third-order valence-electron chi connectivity index (χ3n) is 2.54. The molecule has 0 unspecified atom stereocenters. The molecule has 0 aliphatic heterocycles. The average Bonchev–Trinajstić information content (AvgIpc) is 3.19. The predicted octanol–water partition coefficient (Wildman–Crippen LogP) is 1.09. The van der Waals surface area contributed by atoms with Crippen LogP contribution in [0, 0.1) is 5.92 Å². The van der Waals surface area contributed by atoms with Gasteiger partial charge < -0.3 is 5.32 Å². The molecular formula is C12H15N3OS. The first-order valence-corrected chi connectivity index (χ1v) is 6.04. The van der Waals surface area contributed by atoms with Crippen LogP contribution in [0.25, 0.3) is 0 Å². The molecule has 3 N–H and O–H groups in total. The first-order chi connectivity index (χ1) is 8.25. The fourth-order valence-corrected chi connectivity index (χ4v) is 1.51. The zero-order valence-electron chi connectivity index (χ0n) is 9.40. The molecule has 0 aromatic heterocycles. The van der Waals surface area contributed by atoms with Gasteiger partial charge in [0.2, 0.25) is 5.91 Å². The van der Waals surface area contributed by atoms with Gasteiger partial charge in [-0.1, -0.05) is 30.3 Å². The van der Waals surface area contributed by atoms with E-state index in [4.69, 9.17) is 12.2 Å². The predicted molar refractivity (Wildman–Crippen MR) is 69.9 cm³/mol. The highest BCUT2D eigenvalue weighted by Crippen LogP contribution is 2.28. The number of hydrogen-bond donors (Lipinski definition) is 3. The van der Waals surface area contributed by atoms with E-state index in [0.717, 1.165) is 18.4 Å². The van der Waals surface area contributed by atoms with Crippen molar-refractivity contribution in [2.75, 3.05) is 0 Å². The van der Waals surface area contributed by atoms with E-state index in [0.29, 0.717) is 11.7 Å². The Labute approximate surface area is 106 Å². The van der Waals surface area contributed by atoms with Gasteiger partial charge in [0.05, 0.1) is 0 Å². The van der Waals surface area contributed by atoms with Gasteiger partial charge in [0.15, 0.2) is 5.11 Å². The van der Waals surface area contributed by atoms with Crippen LogP contribution >= 0.6 is 12.2 Å². The normalized spacial score (nSPS) is 13.9. The van der Waals surface area contributed by atoms with Crippen molar-refractivity contribution < 1.29 is 4.79 Å². The van der Waals surface area contributed by atoms with Gasteiger partial charge >= 0.3 is 0 Å². The average molecular weight is 249 g/mol. The van der Waals surface area contributed by atoms with Crippen molar-refractivity contribution in [3.63, 3.8) is 0 Å². The Morgan fingerprint density at radius 3 is 2.59 bits per heavy atom. The molecule has 0 bridgehead atoms. The van der Waals surface area contributed by atoms with Gasteiger partial charge in [-0.25, -0.2) is 0 Å². The molecule has 0 atom stereocenters. The maximum absolute atomic E-state index is 11.3. The maximum atomic E-state index is 11.3. The second-order valence-corrected chi connectivity index (χ2v) is 4.47. The summed E-state index contributed by atoms with van der Waals surface area (Å²) in [6.45, 7) is 0.645. The van der Waals surface area contributed by atoms with Crippen molar-refractivity contribution in [2.45, 2.75) is 19.4 Å². The summed E-state index contributed by atoms with van der Waals surface area (Å²) in [5.74, 6) is 0.202. The van der Waals surface area contributed by atoms with Crippen LogP contribution in [0.2, 0.25) is 0 Å². The summed E-state index contributed by atoms with van der Waals surface area (Å²) in [6, 6.07) is 9.94. The number of amides is 1. The van der Waals surface area contributed by atoms with E-state index in [-0.39, 0.29) is 11.8 Å². The zero-order chi connectivity index (χ0) is 12.1. The van der Waals surface area contributed by atoms with Gasteiger partial charge in [-0.3, -0.25) is 15.6 Å². The summed E-state index contributed by atoms with van der Waals surface area (Å²) in [6.07, 6.45) is 1.97. The summed E-state index contributed by atoms with van der Waals surface area (Å²) in [5.41, 5.74) is 6.43. The lowest BCUT2D eigenvalue weighted by molar-refractivity contribution is -0.122. The minimum absolute atomic E-state index is 0.0221. The molecule has 1 fully saturated rings. The van der Waals surface area contributed by atoms with Crippen molar-refractivity contribution in [2.24, 2.45) is 5.92 Å². The van der Waals surface area contributed by atoms with Crippen LogP contribution in [0.1, 0.15) is 18.4 Å². The number of hydrogen-bond acceptors (Lipinski definition) is 2. The molecule has 90 valence electrons. The van der Waals surface area contributed by atoms with Crippen LogP contribution < -0.4 is 16.2 Å².